The third-order valence-corrected chi connectivity index (χ3v) is 3.78. The summed E-state index contributed by atoms with van der Waals surface area (Å²) in [6.07, 6.45) is 6.55. The number of benzene rings is 1. The maximum Gasteiger partial charge on any atom is 0.119 e. The van der Waals surface area contributed by atoms with E-state index in [9.17, 15) is 0 Å². The normalized spacial score (nSPS) is 23.8. The van der Waals surface area contributed by atoms with E-state index < -0.39 is 0 Å². The molecule has 0 radical (unpaired) electrons. The molecule has 0 atom stereocenters. The molecule has 1 aliphatic rings. The zero-order valence-electron chi connectivity index (χ0n) is 11.4. The first-order valence-electron chi connectivity index (χ1n) is 7.26. The maximum atomic E-state index is 5.67. The van der Waals surface area contributed by atoms with Gasteiger partial charge >= 0.3 is 0 Å². The van der Waals surface area contributed by atoms with E-state index in [4.69, 9.17) is 4.74 Å². The first-order valence-corrected chi connectivity index (χ1v) is 7.26. The molecule has 1 aromatic rings. The Hall–Kier alpha value is -1.02. The van der Waals surface area contributed by atoms with Gasteiger partial charge in [0.15, 0.2) is 0 Å². The maximum absolute atomic E-state index is 5.67. The minimum atomic E-state index is 0.748. The van der Waals surface area contributed by atoms with Gasteiger partial charge in [-0.2, -0.15) is 0 Å². The Balaban J connectivity index is 1.51. The van der Waals surface area contributed by atoms with E-state index in [1.54, 1.807) is 0 Å². The first-order chi connectivity index (χ1) is 8.84. The van der Waals surface area contributed by atoms with Crippen LogP contribution in [0, 0.1) is 5.92 Å². The second-order valence-electron chi connectivity index (χ2n) is 5.43. The molecule has 0 unspecified atom stereocenters. The molecule has 0 aliphatic heterocycles. The molecule has 2 nitrogen and oxygen atoms in total. The number of hydrogen-bond acceptors (Lipinski definition) is 2. The molecule has 0 bridgehead atoms. The summed E-state index contributed by atoms with van der Waals surface area (Å²) in [6, 6.07) is 10.8. The Bertz CT molecular complexity index is 317. The van der Waals surface area contributed by atoms with Crippen molar-refractivity contribution in [3.8, 4) is 5.75 Å². The lowest BCUT2D eigenvalue weighted by atomic mass is 9.87. The van der Waals surface area contributed by atoms with Gasteiger partial charge in [0.2, 0.25) is 0 Å². The molecule has 100 valence electrons. The summed E-state index contributed by atoms with van der Waals surface area (Å²) < 4.78 is 5.67. The number of rotatable bonds is 6. The third kappa shape index (κ3) is 4.69. The Labute approximate surface area is 111 Å². The van der Waals surface area contributed by atoms with Crippen LogP contribution >= 0.6 is 0 Å². The van der Waals surface area contributed by atoms with E-state index in [0.717, 1.165) is 37.3 Å². The first kappa shape index (κ1) is 13.4. The minimum Gasteiger partial charge on any atom is -0.494 e. The monoisotopic (exact) mass is 247 g/mol. The molecule has 0 aromatic heterocycles. The molecule has 0 spiro atoms. The van der Waals surface area contributed by atoms with Gasteiger partial charge in [0.05, 0.1) is 6.61 Å². The van der Waals surface area contributed by atoms with Crippen LogP contribution in [0.2, 0.25) is 0 Å². The predicted molar refractivity (Wildman–Crippen MR) is 76.0 cm³/mol. The summed E-state index contributed by atoms with van der Waals surface area (Å²) in [5, 5.41) is 3.65. The minimum absolute atomic E-state index is 0.748. The second-order valence-corrected chi connectivity index (χ2v) is 5.43. The van der Waals surface area contributed by atoms with Crippen LogP contribution in [-0.2, 0) is 0 Å². The smallest absolute Gasteiger partial charge is 0.119 e. The molecule has 0 saturated heterocycles. The van der Waals surface area contributed by atoms with Gasteiger partial charge in [0, 0.05) is 6.04 Å². The number of para-hydroxylation sites is 1. The highest BCUT2D eigenvalue weighted by atomic mass is 16.5. The van der Waals surface area contributed by atoms with Crippen molar-refractivity contribution in [3.63, 3.8) is 0 Å². The largest absolute Gasteiger partial charge is 0.494 e. The van der Waals surface area contributed by atoms with E-state index in [-0.39, 0.29) is 0 Å². The number of ether oxygens (including phenoxy) is 1. The summed E-state index contributed by atoms with van der Waals surface area (Å²) in [6.45, 7) is 4.25. The van der Waals surface area contributed by atoms with Crippen LogP contribution in [0.5, 0.6) is 5.75 Å². The Morgan fingerprint density at radius 2 is 1.83 bits per heavy atom. The molecule has 1 fully saturated rings. The van der Waals surface area contributed by atoms with Crippen molar-refractivity contribution >= 4 is 0 Å². The molecule has 1 aliphatic carbocycles. The second kappa shape index (κ2) is 7.42. The molecule has 0 amide bonds. The highest BCUT2D eigenvalue weighted by Crippen LogP contribution is 2.23. The van der Waals surface area contributed by atoms with E-state index in [2.05, 4.69) is 12.2 Å². The van der Waals surface area contributed by atoms with Gasteiger partial charge in [0.1, 0.15) is 5.75 Å². The Morgan fingerprint density at radius 1 is 1.11 bits per heavy atom. The van der Waals surface area contributed by atoms with Crippen molar-refractivity contribution < 1.29 is 4.74 Å². The highest BCUT2D eigenvalue weighted by Gasteiger charge is 2.16. The zero-order chi connectivity index (χ0) is 12.6. The van der Waals surface area contributed by atoms with Crippen LogP contribution < -0.4 is 10.1 Å². The number of nitrogens with one attached hydrogen (secondary N) is 1. The van der Waals surface area contributed by atoms with Crippen molar-refractivity contribution in [2.75, 3.05) is 13.2 Å². The molecule has 0 heterocycles. The Morgan fingerprint density at radius 3 is 2.56 bits per heavy atom. The summed E-state index contributed by atoms with van der Waals surface area (Å²) in [4.78, 5) is 0. The SMILES string of the molecule is CC1CCC(NCCCOc2ccccc2)CC1. The van der Waals surface area contributed by atoms with Crippen LogP contribution in [0.1, 0.15) is 39.0 Å². The lowest BCUT2D eigenvalue weighted by molar-refractivity contribution is 0.281. The van der Waals surface area contributed by atoms with Gasteiger partial charge in [-0.3, -0.25) is 0 Å². The van der Waals surface area contributed by atoms with E-state index in [1.165, 1.54) is 25.7 Å². The van der Waals surface area contributed by atoms with Crippen molar-refractivity contribution in [3.05, 3.63) is 30.3 Å². The lowest BCUT2D eigenvalue weighted by Gasteiger charge is -2.27. The van der Waals surface area contributed by atoms with E-state index >= 15 is 0 Å². The van der Waals surface area contributed by atoms with Crippen molar-refractivity contribution in [1.82, 2.24) is 5.32 Å². The fourth-order valence-corrected chi connectivity index (χ4v) is 2.55. The molecule has 18 heavy (non-hydrogen) atoms. The van der Waals surface area contributed by atoms with Crippen LogP contribution in [0.4, 0.5) is 0 Å². The third-order valence-electron chi connectivity index (χ3n) is 3.78. The number of hydrogen-bond donors (Lipinski definition) is 1. The summed E-state index contributed by atoms with van der Waals surface area (Å²) in [5.74, 6) is 1.91. The van der Waals surface area contributed by atoms with Gasteiger partial charge in [-0.05, 0) is 56.7 Å². The van der Waals surface area contributed by atoms with E-state index in [0.29, 0.717) is 0 Å². The van der Waals surface area contributed by atoms with Crippen molar-refractivity contribution in [2.24, 2.45) is 5.92 Å². The molecular formula is C16H25NO. The fraction of sp³-hybridized carbons (Fsp3) is 0.625. The highest BCUT2D eigenvalue weighted by molar-refractivity contribution is 5.20. The standard InChI is InChI=1S/C16H25NO/c1-14-8-10-15(11-9-14)17-12-5-13-18-16-6-3-2-4-7-16/h2-4,6-7,14-15,17H,5,8-13H2,1H3. The average molecular weight is 247 g/mol. The van der Waals surface area contributed by atoms with Crippen molar-refractivity contribution in [1.29, 1.82) is 0 Å². The van der Waals surface area contributed by atoms with Crippen LogP contribution in [0.25, 0.3) is 0 Å². The van der Waals surface area contributed by atoms with Gasteiger partial charge in [-0.25, -0.2) is 0 Å². The summed E-state index contributed by atoms with van der Waals surface area (Å²) >= 11 is 0. The average Bonchev–Trinajstić information content (AvgIpc) is 2.42. The van der Waals surface area contributed by atoms with E-state index in [1.807, 2.05) is 30.3 Å². The summed E-state index contributed by atoms with van der Waals surface area (Å²) in [5.41, 5.74) is 0. The quantitative estimate of drug-likeness (QED) is 0.775. The zero-order valence-corrected chi connectivity index (χ0v) is 11.4. The topological polar surface area (TPSA) is 21.3 Å². The van der Waals surface area contributed by atoms with Crippen LogP contribution in [-0.4, -0.2) is 19.2 Å². The van der Waals surface area contributed by atoms with Gasteiger partial charge in [-0.1, -0.05) is 25.1 Å². The fourth-order valence-electron chi connectivity index (χ4n) is 2.55. The lowest BCUT2D eigenvalue weighted by Crippen LogP contribution is -2.33. The van der Waals surface area contributed by atoms with Crippen LogP contribution in [0.3, 0.4) is 0 Å². The molecule has 1 aromatic carbocycles. The summed E-state index contributed by atoms with van der Waals surface area (Å²) in [7, 11) is 0. The Kier molecular flexibility index (Phi) is 5.53. The van der Waals surface area contributed by atoms with Crippen LogP contribution in [0.15, 0.2) is 30.3 Å². The van der Waals surface area contributed by atoms with Gasteiger partial charge < -0.3 is 10.1 Å². The van der Waals surface area contributed by atoms with Gasteiger partial charge in [-0.15, -0.1) is 0 Å². The molecular weight excluding hydrogens is 222 g/mol. The predicted octanol–water partition coefficient (Wildman–Crippen LogP) is 3.62. The van der Waals surface area contributed by atoms with Crippen molar-refractivity contribution in [2.45, 2.75) is 45.1 Å². The molecule has 2 heteroatoms. The molecule has 2 rings (SSSR count). The molecule has 1 saturated carbocycles. The van der Waals surface area contributed by atoms with Gasteiger partial charge in [0.25, 0.3) is 0 Å². The molecule has 1 N–H and O–H groups in total.